The number of alkyl halides is 3. The zero-order valence-electron chi connectivity index (χ0n) is 30.3. The predicted molar refractivity (Wildman–Crippen MR) is 198 cm³/mol. The lowest BCUT2D eigenvalue weighted by Crippen LogP contribution is -2.52. The van der Waals surface area contributed by atoms with Crippen LogP contribution in [-0.2, 0) is 30.7 Å². The lowest BCUT2D eigenvalue weighted by Gasteiger charge is -2.25. The van der Waals surface area contributed by atoms with E-state index in [1.807, 2.05) is 6.07 Å². The highest BCUT2D eigenvalue weighted by Gasteiger charge is 2.38. The third-order valence-electron chi connectivity index (χ3n) is 9.44. The second-order valence-corrected chi connectivity index (χ2v) is 13.9. The summed E-state index contributed by atoms with van der Waals surface area (Å²) < 4.78 is 61.9. The molecule has 0 amide bonds. The molecule has 1 saturated heterocycles. The van der Waals surface area contributed by atoms with Gasteiger partial charge in [-0.15, -0.1) is 0 Å². The quantitative estimate of drug-likeness (QED) is 0.0865. The lowest BCUT2D eigenvalue weighted by atomic mass is 9.92. The molecule has 0 bridgehead atoms. The van der Waals surface area contributed by atoms with Crippen molar-refractivity contribution in [3.05, 3.63) is 105 Å². The highest BCUT2D eigenvalue weighted by atomic mass is 35.5. The van der Waals surface area contributed by atoms with E-state index in [2.05, 4.69) is 15.2 Å². The van der Waals surface area contributed by atoms with Crippen LogP contribution in [-0.4, -0.2) is 75.7 Å². The molecule has 5 rings (SSSR count). The second kappa shape index (κ2) is 18.1. The Morgan fingerprint density at radius 3 is 2.47 bits per heavy atom. The number of β-amino-alcohol motifs (C(OH)–C–C–N with tert-alkyl or cyclic N) is 1. The molecule has 15 heteroatoms. The molecular weight excluding hydrogens is 741 g/mol. The number of nitrogens with zero attached hydrogens (tertiary/aromatic N) is 3. The van der Waals surface area contributed by atoms with Crippen LogP contribution < -0.4 is 19.5 Å². The number of rotatable bonds is 17. The Kier molecular flexibility index (Phi) is 13.6. The fourth-order valence-electron chi connectivity index (χ4n) is 6.18. The number of likely N-dealkylation sites (tertiary alicyclic amines) is 1. The van der Waals surface area contributed by atoms with Gasteiger partial charge in [-0.3, -0.25) is 15.1 Å². The second-order valence-electron chi connectivity index (χ2n) is 13.5. The van der Waals surface area contributed by atoms with Crippen LogP contribution in [0.15, 0.2) is 67.0 Å². The number of nitrogens with one attached hydrogen (secondary N) is 1. The summed E-state index contributed by atoms with van der Waals surface area (Å²) in [6.07, 6.45) is -0.972. The average Bonchev–Trinajstić information content (AvgIpc) is 3.58. The molecule has 292 valence electrons. The molecule has 0 saturated carbocycles. The van der Waals surface area contributed by atoms with Crippen molar-refractivity contribution in [2.45, 2.75) is 64.3 Å². The van der Waals surface area contributed by atoms with Crippen LogP contribution in [0.4, 0.5) is 13.2 Å². The van der Waals surface area contributed by atoms with E-state index in [9.17, 15) is 38.5 Å². The van der Waals surface area contributed by atoms with E-state index in [1.54, 1.807) is 31.2 Å². The standard InChI is InChI=1S/C40H42ClF3N4O7/c1-25-28(6-3-7-31(25)32-8-4-9-34(37(32)40(42,43)44)53-13-5-11-48-12-10-30(50)21-48)23-55-36-16-35(54-22-27-14-26(17-45)18-46-19-27)29(15-33(36)41)20-47-39(2,24-49)38(51)52/h3-4,6-9,14-16,18-19,30,47,49-50H,5,10-13,20-24H2,1-2H3,(H,51,52)/t30-,39-/m0/s1. The highest BCUT2D eigenvalue weighted by molar-refractivity contribution is 6.32. The summed E-state index contributed by atoms with van der Waals surface area (Å²) in [6, 6.07) is 15.9. The number of nitriles is 1. The van der Waals surface area contributed by atoms with Gasteiger partial charge in [0, 0.05) is 55.8 Å². The number of hydrogen-bond donors (Lipinski definition) is 4. The van der Waals surface area contributed by atoms with E-state index in [1.165, 1.54) is 49.6 Å². The predicted octanol–water partition coefficient (Wildman–Crippen LogP) is 6.52. The van der Waals surface area contributed by atoms with Crippen LogP contribution in [0, 0.1) is 18.3 Å². The van der Waals surface area contributed by atoms with E-state index < -0.39 is 29.9 Å². The summed E-state index contributed by atoms with van der Waals surface area (Å²) in [5.74, 6) is -1.08. The van der Waals surface area contributed by atoms with Gasteiger partial charge in [-0.2, -0.15) is 18.4 Å². The van der Waals surface area contributed by atoms with Gasteiger partial charge in [0.2, 0.25) is 0 Å². The van der Waals surface area contributed by atoms with Gasteiger partial charge >= 0.3 is 12.1 Å². The van der Waals surface area contributed by atoms with E-state index >= 15 is 0 Å². The first kappa shape index (κ1) is 41.3. The lowest BCUT2D eigenvalue weighted by molar-refractivity contribution is -0.146. The first-order valence-corrected chi connectivity index (χ1v) is 17.9. The first-order valence-electron chi connectivity index (χ1n) is 17.6. The van der Waals surface area contributed by atoms with Gasteiger partial charge in [0.25, 0.3) is 0 Å². The topological polar surface area (TPSA) is 157 Å². The molecule has 1 aliphatic heterocycles. The number of aromatic nitrogens is 1. The van der Waals surface area contributed by atoms with Gasteiger partial charge in [0.15, 0.2) is 0 Å². The number of pyridine rings is 1. The Morgan fingerprint density at radius 1 is 1.04 bits per heavy atom. The van der Waals surface area contributed by atoms with Crippen molar-refractivity contribution in [2.75, 3.05) is 32.8 Å². The molecule has 2 heterocycles. The van der Waals surface area contributed by atoms with Gasteiger partial charge in [0.05, 0.1) is 29.9 Å². The molecule has 4 N–H and O–H groups in total. The minimum Gasteiger partial charge on any atom is -0.493 e. The van der Waals surface area contributed by atoms with Crippen LogP contribution in [0.2, 0.25) is 5.02 Å². The number of aliphatic hydroxyl groups excluding tert-OH is 2. The monoisotopic (exact) mass is 782 g/mol. The highest BCUT2D eigenvalue weighted by Crippen LogP contribution is 2.44. The van der Waals surface area contributed by atoms with Crippen molar-refractivity contribution in [2.24, 2.45) is 0 Å². The summed E-state index contributed by atoms with van der Waals surface area (Å²) in [4.78, 5) is 17.9. The van der Waals surface area contributed by atoms with E-state index in [0.717, 1.165) is 6.54 Å². The number of ether oxygens (including phenoxy) is 3. The third kappa shape index (κ3) is 10.4. The zero-order chi connectivity index (χ0) is 39.8. The Labute approximate surface area is 321 Å². The van der Waals surface area contributed by atoms with E-state index in [4.69, 9.17) is 25.8 Å². The maximum absolute atomic E-state index is 14.7. The largest absolute Gasteiger partial charge is 0.493 e. The number of carbonyl (C=O) groups is 1. The van der Waals surface area contributed by atoms with Crippen molar-refractivity contribution in [3.63, 3.8) is 0 Å². The number of aliphatic carboxylic acids is 1. The average molecular weight is 783 g/mol. The van der Waals surface area contributed by atoms with Gasteiger partial charge < -0.3 is 34.4 Å². The van der Waals surface area contributed by atoms with Gasteiger partial charge in [-0.05, 0) is 67.1 Å². The van der Waals surface area contributed by atoms with Crippen molar-refractivity contribution in [1.29, 1.82) is 5.26 Å². The molecule has 0 unspecified atom stereocenters. The van der Waals surface area contributed by atoms with Crippen molar-refractivity contribution in [3.8, 4) is 34.4 Å². The Bertz CT molecular complexity index is 2030. The maximum Gasteiger partial charge on any atom is 0.420 e. The molecule has 0 spiro atoms. The molecule has 1 fully saturated rings. The number of carboxylic acid groups (broad SMARTS) is 1. The number of aliphatic hydroxyl groups is 2. The zero-order valence-corrected chi connectivity index (χ0v) is 31.1. The molecule has 4 aromatic rings. The van der Waals surface area contributed by atoms with Crippen LogP contribution in [0.5, 0.6) is 17.2 Å². The summed E-state index contributed by atoms with van der Waals surface area (Å²) in [5.41, 5.74) is 0.269. The fourth-order valence-corrected chi connectivity index (χ4v) is 6.42. The minimum absolute atomic E-state index is 0.0131. The molecule has 2 atom stereocenters. The summed E-state index contributed by atoms with van der Waals surface area (Å²) in [6.45, 7) is 4.17. The summed E-state index contributed by atoms with van der Waals surface area (Å²) >= 11 is 6.65. The number of halogens is 4. The molecule has 0 radical (unpaired) electrons. The normalized spacial score (nSPS) is 15.7. The fraction of sp³-hybridized carbons (Fsp3) is 0.375. The van der Waals surface area contributed by atoms with Crippen LogP contribution in [0.3, 0.4) is 0 Å². The summed E-state index contributed by atoms with van der Waals surface area (Å²) in [7, 11) is 0. The van der Waals surface area contributed by atoms with Crippen LogP contribution in [0.1, 0.15) is 53.1 Å². The molecular formula is C40H42ClF3N4O7. The van der Waals surface area contributed by atoms with Crippen molar-refractivity contribution < 1.29 is 47.5 Å². The first-order chi connectivity index (χ1) is 26.2. The van der Waals surface area contributed by atoms with Gasteiger partial charge in [-0.25, -0.2) is 0 Å². The maximum atomic E-state index is 14.7. The molecule has 11 nitrogen and oxygen atoms in total. The molecule has 0 aliphatic carbocycles. The molecule has 55 heavy (non-hydrogen) atoms. The Hall–Kier alpha value is -4.91. The SMILES string of the molecule is Cc1c(COc2cc(OCc3cncc(C#N)c3)c(CN[C@@](C)(CO)C(=O)O)cc2Cl)cccc1-c1cccc(OCCCN2CC[C@H](O)C2)c1C(F)(F)F. The number of carboxylic acids is 1. The Morgan fingerprint density at radius 2 is 1.78 bits per heavy atom. The third-order valence-corrected chi connectivity index (χ3v) is 9.74. The van der Waals surface area contributed by atoms with Gasteiger partial charge in [-0.1, -0.05) is 41.9 Å². The molecule has 3 aromatic carbocycles. The van der Waals surface area contributed by atoms with E-state index in [-0.39, 0.29) is 60.3 Å². The summed E-state index contributed by atoms with van der Waals surface area (Å²) in [5, 5.41) is 41.3. The van der Waals surface area contributed by atoms with Crippen molar-refractivity contribution in [1.82, 2.24) is 15.2 Å². The van der Waals surface area contributed by atoms with Crippen LogP contribution >= 0.6 is 11.6 Å². The Balaban J connectivity index is 1.38. The van der Waals surface area contributed by atoms with Crippen molar-refractivity contribution >= 4 is 17.6 Å². The minimum atomic E-state index is -4.71. The van der Waals surface area contributed by atoms with E-state index in [0.29, 0.717) is 59.3 Å². The molecule has 1 aliphatic rings. The number of benzene rings is 3. The number of hydrogen-bond acceptors (Lipinski definition) is 10. The smallest absolute Gasteiger partial charge is 0.420 e. The molecule has 1 aromatic heterocycles. The van der Waals surface area contributed by atoms with Gasteiger partial charge in [0.1, 0.15) is 47.6 Å². The van der Waals surface area contributed by atoms with Crippen LogP contribution in [0.25, 0.3) is 11.1 Å².